The first kappa shape index (κ1) is 16.2. The molecule has 1 aromatic rings. The second-order valence-electron chi connectivity index (χ2n) is 5.65. The van der Waals surface area contributed by atoms with Gasteiger partial charge in [0.05, 0.1) is 10.0 Å². The van der Waals surface area contributed by atoms with E-state index in [1.165, 1.54) is 0 Å². The van der Waals surface area contributed by atoms with Crippen LogP contribution in [-0.4, -0.2) is 43.7 Å². The van der Waals surface area contributed by atoms with Crippen LogP contribution in [0.2, 0.25) is 10.0 Å². The van der Waals surface area contributed by atoms with E-state index in [0.29, 0.717) is 35.6 Å². The van der Waals surface area contributed by atoms with E-state index in [1.54, 1.807) is 6.07 Å². The fourth-order valence-corrected chi connectivity index (χ4v) is 2.55. The summed E-state index contributed by atoms with van der Waals surface area (Å²) >= 11 is 12.0. The molecule has 0 radical (unpaired) electrons. The monoisotopic (exact) mass is 329 g/mol. The van der Waals surface area contributed by atoms with Gasteiger partial charge in [0, 0.05) is 38.4 Å². The molecule has 0 aromatic heterocycles. The van der Waals surface area contributed by atoms with E-state index in [4.69, 9.17) is 23.2 Å². The highest BCUT2D eigenvalue weighted by molar-refractivity contribution is 6.42. The number of hydrogen-bond acceptors (Lipinski definition) is 2. The van der Waals surface area contributed by atoms with Gasteiger partial charge in [-0.3, -0.25) is 0 Å². The number of hydrogen-bond donors (Lipinski definition) is 1. The average molecular weight is 330 g/mol. The van der Waals surface area contributed by atoms with Gasteiger partial charge in [-0.2, -0.15) is 0 Å². The SMILES string of the molecule is CC(C)CNC(=O)N1CCN(c2ccc(Cl)c(Cl)c2)CC1. The Morgan fingerprint density at radius 2 is 1.86 bits per heavy atom. The van der Waals surface area contributed by atoms with Crippen LogP contribution < -0.4 is 10.2 Å². The summed E-state index contributed by atoms with van der Waals surface area (Å²) in [5.74, 6) is 0.464. The average Bonchev–Trinajstić information content (AvgIpc) is 2.48. The molecular weight excluding hydrogens is 309 g/mol. The van der Waals surface area contributed by atoms with Crippen LogP contribution in [0.1, 0.15) is 13.8 Å². The summed E-state index contributed by atoms with van der Waals surface area (Å²) in [5.41, 5.74) is 1.05. The molecule has 0 atom stereocenters. The van der Waals surface area contributed by atoms with Crippen molar-refractivity contribution in [1.29, 1.82) is 0 Å². The summed E-state index contributed by atoms with van der Waals surface area (Å²) in [6.45, 7) is 7.91. The summed E-state index contributed by atoms with van der Waals surface area (Å²) in [5, 5.41) is 4.08. The van der Waals surface area contributed by atoms with Gasteiger partial charge in [0.2, 0.25) is 0 Å². The Kier molecular flexibility index (Phi) is 5.59. The van der Waals surface area contributed by atoms with Crippen molar-refractivity contribution in [2.75, 3.05) is 37.6 Å². The normalized spacial score (nSPS) is 15.5. The predicted octanol–water partition coefficient (Wildman–Crippen LogP) is 3.48. The first-order valence-electron chi connectivity index (χ1n) is 7.20. The van der Waals surface area contributed by atoms with Crippen molar-refractivity contribution in [3.63, 3.8) is 0 Å². The number of amides is 2. The van der Waals surface area contributed by atoms with Crippen LogP contribution in [0.25, 0.3) is 0 Å². The summed E-state index contributed by atoms with van der Waals surface area (Å²) in [7, 11) is 0. The number of carbonyl (C=O) groups excluding carboxylic acids is 1. The van der Waals surface area contributed by atoms with Gasteiger partial charge in [-0.1, -0.05) is 37.0 Å². The van der Waals surface area contributed by atoms with Crippen LogP contribution in [-0.2, 0) is 0 Å². The number of anilines is 1. The van der Waals surface area contributed by atoms with Crippen molar-refractivity contribution < 1.29 is 4.79 Å². The number of nitrogens with one attached hydrogen (secondary N) is 1. The maximum absolute atomic E-state index is 12.0. The second kappa shape index (κ2) is 7.23. The number of nitrogens with zero attached hydrogens (tertiary/aromatic N) is 2. The van der Waals surface area contributed by atoms with E-state index < -0.39 is 0 Å². The van der Waals surface area contributed by atoms with Crippen molar-refractivity contribution >= 4 is 34.9 Å². The Labute approximate surface area is 136 Å². The third-order valence-corrected chi connectivity index (χ3v) is 4.24. The van der Waals surface area contributed by atoms with Crippen molar-refractivity contribution in [3.8, 4) is 0 Å². The van der Waals surface area contributed by atoms with Crippen LogP contribution in [0.5, 0.6) is 0 Å². The van der Waals surface area contributed by atoms with Crippen LogP contribution in [0.15, 0.2) is 18.2 Å². The van der Waals surface area contributed by atoms with Crippen molar-refractivity contribution in [2.45, 2.75) is 13.8 Å². The minimum absolute atomic E-state index is 0.0255. The van der Waals surface area contributed by atoms with Crippen LogP contribution in [0.3, 0.4) is 0 Å². The minimum Gasteiger partial charge on any atom is -0.368 e. The van der Waals surface area contributed by atoms with Gasteiger partial charge in [-0.15, -0.1) is 0 Å². The summed E-state index contributed by atoms with van der Waals surface area (Å²) in [6.07, 6.45) is 0. The van der Waals surface area contributed by atoms with Gasteiger partial charge in [-0.05, 0) is 24.1 Å². The first-order chi connectivity index (χ1) is 9.97. The maximum Gasteiger partial charge on any atom is 0.317 e. The molecule has 1 heterocycles. The molecule has 1 aromatic carbocycles. The molecule has 116 valence electrons. The Bertz CT molecular complexity index is 500. The zero-order valence-corrected chi connectivity index (χ0v) is 13.9. The molecule has 1 saturated heterocycles. The van der Waals surface area contributed by atoms with E-state index in [-0.39, 0.29) is 6.03 Å². The lowest BCUT2D eigenvalue weighted by atomic mass is 10.2. The first-order valence-corrected chi connectivity index (χ1v) is 7.95. The lowest BCUT2D eigenvalue weighted by molar-refractivity contribution is 0.193. The summed E-state index contributed by atoms with van der Waals surface area (Å²) in [6, 6.07) is 5.67. The fourth-order valence-electron chi connectivity index (χ4n) is 2.25. The zero-order chi connectivity index (χ0) is 15.4. The topological polar surface area (TPSA) is 35.6 Å². The van der Waals surface area contributed by atoms with E-state index in [1.807, 2.05) is 17.0 Å². The highest BCUT2D eigenvalue weighted by Crippen LogP contribution is 2.27. The van der Waals surface area contributed by atoms with E-state index in [0.717, 1.165) is 18.8 Å². The molecule has 1 aliphatic rings. The van der Waals surface area contributed by atoms with E-state index in [9.17, 15) is 4.79 Å². The fraction of sp³-hybridized carbons (Fsp3) is 0.533. The van der Waals surface area contributed by atoms with Crippen molar-refractivity contribution in [3.05, 3.63) is 28.2 Å². The minimum atomic E-state index is 0.0255. The van der Waals surface area contributed by atoms with Gasteiger partial charge < -0.3 is 15.1 Å². The molecule has 2 rings (SSSR count). The van der Waals surface area contributed by atoms with Gasteiger partial charge >= 0.3 is 6.03 Å². The second-order valence-corrected chi connectivity index (χ2v) is 6.47. The molecule has 6 heteroatoms. The van der Waals surface area contributed by atoms with Crippen LogP contribution in [0, 0.1) is 5.92 Å². The van der Waals surface area contributed by atoms with Gasteiger partial charge in [0.1, 0.15) is 0 Å². The maximum atomic E-state index is 12.0. The van der Waals surface area contributed by atoms with Crippen molar-refractivity contribution in [2.24, 2.45) is 5.92 Å². The zero-order valence-electron chi connectivity index (χ0n) is 12.4. The molecule has 1 N–H and O–H groups in total. The summed E-state index contributed by atoms with van der Waals surface area (Å²) < 4.78 is 0. The smallest absolute Gasteiger partial charge is 0.317 e. The molecule has 0 saturated carbocycles. The number of carbonyl (C=O) groups is 1. The van der Waals surface area contributed by atoms with Gasteiger partial charge in [0.15, 0.2) is 0 Å². The molecule has 0 bridgehead atoms. The predicted molar refractivity (Wildman–Crippen MR) is 88.5 cm³/mol. The Morgan fingerprint density at radius 1 is 1.19 bits per heavy atom. The third-order valence-electron chi connectivity index (χ3n) is 3.50. The van der Waals surface area contributed by atoms with E-state index >= 15 is 0 Å². The molecule has 1 aliphatic heterocycles. The highest BCUT2D eigenvalue weighted by Gasteiger charge is 2.21. The van der Waals surface area contributed by atoms with Crippen LogP contribution >= 0.6 is 23.2 Å². The molecule has 4 nitrogen and oxygen atoms in total. The van der Waals surface area contributed by atoms with Gasteiger partial charge in [-0.25, -0.2) is 4.79 Å². The van der Waals surface area contributed by atoms with Crippen LogP contribution in [0.4, 0.5) is 10.5 Å². The third kappa shape index (κ3) is 4.42. The standard InChI is InChI=1S/C15H21Cl2N3O/c1-11(2)10-18-15(21)20-7-5-19(6-8-20)12-3-4-13(16)14(17)9-12/h3-4,9,11H,5-8,10H2,1-2H3,(H,18,21). The Hall–Kier alpha value is -1.13. The molecule has 2 amide bonds. The molecule has 21 heavy (non-hydrogen) atoms. The molecule has 0 aliphatic carbocycles. The molecular formula is C15H21Cl2N3O. The largest absolute Gasteiger partial charge is 0.368 e. The lowest BCUT2D eigenvalue weighted by Crippen LogP contribution is -2.52. The lowest BCUT2D eigenvalue weighted by Gasteiger charge is -2.36. The van der Waals surface area contributed by atoms with Crippen molar-refractivity contribution in [1.82, 2.24) is 10.2 Å². The molecule has 0 unspecified atom stereocenters. The Balaban J connectivity index is 1.88. The van der Waals surface area contributed by atoms with Gasteiger partial charge in [0.25, 0.3) is 0 Å². The number of urea groups is 1. The molecule has 0 spiro atoms. The quantitative estimate of drug-likeness (QED) is 0.921. The Morgan fingerprint density at radius 3 is 2.43 bits per heavy atom. The number of halogens is 2. The highest BCUT2D eigenvalue weighted by atomic mass is 35.5. The van der Waals surface area contributed by atoms with E-state index in [2.05, 4.69) is 24.1 Å². The number of piperazine rings is 1. The number of benzene rings is 1. The summed E-state index contributed by atoms with van der Waals surface area (Å²) in [4.78, 5) is 16.1. The number of rotatable bonds is 3. The molecule has 1 fully saturated rings.